The van der Waals surface area contributed by atoms with Gasteiger partial charge in [-0.1, -0.05) is 110 Å². The third-order valence-corrected chi connectivity index (χ3v) is 6.54. The normalized spacial score (nSPS) is 17.3. The number of aliphatic hydroxyl groups is 2. The minimum absolute atomic E-state index is 0. The minimum Gasteiger partial charge on any atom is -0.411 e. The van der Waals surface area contributed by atoms with E-state index in [1.54, 1.807) is 0 Å². The second-order valence-electron chi connectivity index (χ2n) is 9.26. The van der Waals surface area contributed by atoms with Crippen LogP contribution in [-0.4, -0.2) is 53.4 Å². The first-order valence-corrected chi connectivity index (χ1v) is 12.6. The molecule has 0 amide bonds. The van der Waals surface area contributed by atoms with Gasteiger partial charge in [0.05, 0.1) is 10.2 Å². The second-order valence-corrected chi connectivity index (χ2v) is 9.26. The summed E-state index contributed by atoms with van der Waals surface area (Å²) in [6.45, 7) is 0. The molecule has 2 aliphatic carbocycles. The SMILES string of the molecule is O/N=C(\c1ccccc1)C1(O)CCCCC1.O/N=C(\c1ccccc1)C1(O)CCCCC1.O=[N+]([O-])[O-].O=[N+]([O-])[O-].[Mn+2]. The Morgan fingerprint density at radius 3 is 1.05 bits per heavy atom. The van der Waals surface area contributed by atoms with Crippen LogP contribution in [0.15, 0.2) is 71.0 Å². The predicted molar refractivity (Wildman–Crippen MR) is 146 cm³/mol. The molecular formula is C26H34MnN4O10. The summed E-state index contributed by atoms with van der Waals surface area (Å²) in [6.07, 6.45) is 8.98. The molecule has 14 nitrogen and oxygen atoms in total. The van der Waals surface area contributed by atoms with E-state index in [-0.39, 0.29) is 17.1 Å². The summed E-state index contributed by atoms with van der Waals surface area (Å²) in [7, 11) is 0. The zero-order valence-electron chi connectivity index (χ0n) is 22.2. The van der Waals surface area contributed by atoms with Crippen LogP contribution in [-0.2, 0) is 17.1 Å². The molecule has 41 heavy (non-hydrogen) atoms. The van der Waals surface area contributed by atoms with Crippen LogP contribution in [0.5, 0.6) is 0 Å². The van der Waals surface area contributed by atoms with E-state index in [4.69, 9.17) is 41.1 Å². The fourth-order valence-corrected chi connectivity index (χ4v) is 4.78. The van der Waals surface area contributed by atoms with E-state index >= 15 is 0 Å². The first-order chi connectivity index (χ1) is 19.0. The summed E-state index contributed by atoms with van der Waals surface area (Å²) in [4.78, 5) is 16.5. The van der Waals surface area contributed by atoms with Crippen molar-refractivity contribution in [3.8, 4) is 0 Å². The average molecular weight is 618 g/mol. The van der Waals surface area contributed by atoms with Gasteiger partial charge in [-0.2, -0.15) is 0 Å². The third-order valence-electron chi connectivity index (χ3n) is 6.54. The smallest absolute Gasteiger partial charge is 0.411 e. The number of nitrogens with zero attached hydrogens (tertiary/aromatic N) is 4. The summed E-state index contributed by atoms with van der Waals surface area (Å²) in [5.74, 6) is 0. The predicted octanol–water partition coefficient (Wildman–Crippen LogP) is 4.64. The Labute approximate surface area is 247 Å². The first kappa shape index (κ1) is 37.2. The fourth-order valence-electron chi connectivity index (χ4n) is 4.78. The van der Waals surface area contributed by atoms with Crippen molar-refractivity contribution in [2.45, 2.75) is 75.4 Å². The van der Waals surface area contributed by atoms with E-state index < -0.39 is 21.4 Å². The van der Waals surface area contributed by atoms with Gasteiger partial charge < -0.3 is 51.3 Å². The molecule has 0 aromatic heterocycles. The number of benzene rings is 2. The quantitative estimate of drug-likeness (QED) is 0.122. The molecule has 15 heteroatoms. The van der Waals surface area contributed by atoms with Gasteiger partial charge in [-0.3, -0.25) is 0 Å². The van der Waals surface area contributed by atoms with Crippen molar-refractivity contribution in [2.24, 2.45) is 10.3 Å². The number of hydrogen-bond donors (Lipinski definition) is 4. The molecule has 0 bridgehead atoms. The fraction of sp³-hybridized carbons (Fsp3) is 0.462. The van der Waals surface area contributed by atoms with Crippen molar-refractivity contribution in [3.05, 3.63) is 102 Å². The topological polar surface area (TPSA) is 238 Å². The van der Waals surface area contributed by atoms with E-state index in [0.717, 1.165) is 49.7 Å². The largest absolute Gasteiger partial charge is 2.00 e. The molecule has 1 radical (unpaired) electrons. The molecule has 225 valence electrons. The molecule has 4 rings (SSSR count). The van der Waals surface area contributed by atoms with Crippen molar-refractivity contribution in [3.63, 3.8) is 0 Å². The van der Waals surface area contributed by atoms with Gasteiger partial charge in [0.25, 0.3) is 0 Å². The van der Waals surface area contributed by atoms with Gasteiger partial charge in [-0.05, 0) is 25.7 Å². The van der Waals surface area contributed by atoms with Crippen molar-refractivity contribution in [2.75, 3.05) is 0 Å². The molecule has 2 fully saturated rings. The molecule has 2 aromatic carbocycles. The Kier molecular flexibility index (Phi) is 17.5. The van der Waals surface area contributed by atoms with Crippen LogP contribution >= 0.6 is 0 Å². The zero-order chi connectivity index (χ0) is 30.0. The molecule has 2 saturated carbocycles. The van der Waals surface area contributed by atoms with Crippen LogP contribution in [0.2, 0.25) is 0 Å². The Bertz CT molecular complexity index is 996. The van der Waals surface area contributed by atoms with Gasteiger partial charge in [-0.25, -0.2) is 0 Å². The molecule has 0 atom stereocenters. The van der Waals surface area contributed by atoms with Gasteiger partial charge in [0.2, 0.25) is 0 Å². The van der Waals surface area contributed by atoms with Crippen molar-refractivity contribution in [1.29, 1.82) is 0 Å². The summed E-state index contributed by atoms with van der Waals surface area (Å²) in [6, 6.07) is 18.8. The molecule has 0 saturated heterocycles. The molecule has 2 aliphatic rings. The molecule has 0 aliphatic heterocycles. The third kappa shape index (κ3) is 13.4. The van der Waals surface area contributed by atoms with E-state index in [1.807, 2.05) is 60.7 Å². The van der Waals surface area contributed by atoms with Crippen LogP contribution in [0.4, 0.5) is 0 Å². The molecule has 0 spiro atoms. The monoisotopic (exact) mass is 617 g/mol. The summed E-state index contributed by atoms with van der Waals surface area (Å²) in [5, 5.41) is 75.4. The number of rotatable bonds is 4. The summed E-state index contributed by atoms with van der Waals surface area (Å²) in [5.41, 5.74) is 0.521. The van der Waals surface area contributed by atoms with Crippen molar-refractivity contribution in [1.82, 2.24) is 0 Å². The molecular weight excluding hydrogens is 583 g/mol. The van der Waals surface area contributed by atoms with Crippen LogP contribution in [0.25, 0.3) is 0 Å². The zero-order valence-corrected chi connectivity index (χ0v) is 23.4. The maximum Gasteiger partial charge on any atom is 2.00 e. The van der Waals surface area contributed by atoms with E-state index in [1.165, 1.54) is 0 Å². The van der Waals surface area contributed by atoms with Gasteiger partial charge >= 0.3 is 17.1 Å². The van der Waals surface area contributed by atoms with Crippen molar-refractivity contribution >= 4 is 11.4 Å². The summed E-state index contributed by atoms with van der Waals surface area (Å²) >= 11 is 0. The van der Waals surface area contributed by atoms with Gasteiger partial charge in [0.1, 0.15) is 22.6 Å². The minimum atomic E-state index is -1.75. The van der Waals surface area contributed by atoms with E-state index in [9.17, 15) is 10.2 Å². The van der Waals surface area contributed by atoms with Gasteiger partial charge in [0.15, 0.2) is 0 Å². The van der Waals surface area contributed by atoms with Gasteiger partial charge in [0, 0.05) is 11.1 Å². The van der Waals surface area contributed by atoms with E-state index in [0.29, 0.717) is 37.1 Å². The maximum absolute atomic E-state index is 10.5. The van der Waals surface area contributed by atoms with Gasteiger partial charge in [-0.15, -0.1) is 0 Å². The number of hydrogen-bond acceptors (Lipinski definition) is 12. The molecule has 0 heterocycles. The molecule has 0 unspecified atom stereocenters. The molecule has 4 N–H and O–H groups in total. The number of oxime groups is 2. The van der Waals surface area contributed by atoms with Crippen molar-refractivity contribution < 1.29 is 47.9 Å². The average Bonchev–Trinajstić information content (AvgIpc) is 2.91. The van der Waals surface area contributed by atoms with E-state index in [2.05, 4.69) is 10.3 Å². The Morgan fingerprint density at radius 1 is 0.585 bits per heavy atom. The van der Waals surface area contributed by atoms with Crippen LogP contribution in [0.3, 0.4) is 0 Å². The molecule has 2 aromatic rings. The van der Waals surface area contributed by atoms with Crippen LogP contribution < -0.4 is 0 Å². The Morgan fingerprint density at radius 2 is 0.829 bits per heavy atom. The van der Waals surface area contributed by atoms with Crippen LogP contribution in [0, 0.1) is 30.6 Å². The standard InChI is InChI=1S/2C13H17NO2.Mn.2NO3/c2*15-13(9-5-2-6-10-13)12(14-16)11-7-3-1-4-8-11;;2*2-1(3)4/h2*1,3-4,7-8,15-16H,2,5-6,9-10H2;;;/q;;+2;2*-1/b2*14-12+;;;. The first-order valence-electron chi connectivity index (χ1n) is 12.6. The Balaban J connectivity index is 0.000000609. The Hall–Kier alpha value is -3.78. The summed E-state index contributed by atoms with van der Waals surface area (Å²) < 4.78 is 0. The second kappa shape index (κ2) is 19.3. The van der Waals surface area contributed by atoms with Crippen LogP contribution in [0.1, 0.15) is 75.3 Å². The maximum atomic E-state index is 10.5.